The van der Waals surface area contributed by atoms with Gasteiger partial charge in [-0.15, -0.1) is 0 Å². The minimum atomic E-state index is -0.476. The molecule has 2 fully saturated rings. The zero-order valence-electron chi connectivity index (χ0n) is 25.9. The third-order valence-electron chi connectivity index (χ3n) is 8.53. The Balaban J connectivity index is 1.26. The molecule has 2 saturated heterocycles. The van der Waals surface area contributed by atoms with E-state index in [9.17, 15) is 14.3 Å². The summed E-state index contributed by atoms with van der Waals surface area (Å²) in [6.45, 7) is 5.11. The van der Waals surface area contributed by atoms with Gasteiger partial charge >= 0.3 is 0 Å². The van der Waals surface area contributed by atoms with E-state index >= 15 is 0 Å². The van der Waals surface area contributed by atoms with Gasteiger partial charge in [-0.1, -0.05) is 18.2 Å². The molecule has 2 aliphatic rings. The molecule has 12 heteroatoms. The summed E-state index contributed by atoms with van der Waals surface area (Å²) >= 11 is 0. The number of methoxy groups -OCH3 is 1. The van der Waals surface area contributed by atoms with Gasteiger partial charge in [0.1, 0.15) is 23.2 Å². The number of aliphatic hydroxyl groups is 1. The second kappa shape index (κ2) is 14.2. The first-order valence-corrected chi connectivity index (χ1v) is 15.6. The lowest BCUT2D eigenvalue weighted by Gasteiger charge is -2.34. The largest absolute Gasteiger partial charge is 0.496 e. The van der Waals surface area contributed by atoms with E-state index in [4.69, 9.17) is 15.5 Å². The van der Waals surface area contributed by atoms with Crippen LogP contribution in [0.15, 0.2) is 67.0 Å². The molecule has 2 aromatic carbocycles. The number of nitrogens with two attached hydrogens (primary N) is 1. The summed E-state index contributed by atoms with van der Waals surface area (Å²) in [6.07, 6.45) is 5.32. The van der Waals surface area contributed by atoms with Crippen molar-refractivity contribution in [3.63, 3.8) is 0 Å². The molecule has 0 spiro atoms. The van der Waals surface area contributed by atoms with Gasteiger partial charge in [-0.2, -0.15) is 0 Å². The summed E-state index contributed by atoms with van der Waals surface area (Å²) < 4.78 is 20.1. The number of rotatable bonds is 9. The zero-order chi connectivity index (χ0) is 32.0. The number of piperazine rings is 1. The highest BCUT2D eigenvalue weighted by molar-refractivity contribution is 5.95. The fourth-order valence-electron chi connectivity index (χ4n) is 6.09. The van der Waals surface area contributed by atoms with Crippen molar-refractivity contribution in [3.05, 3.63) is 78.4 Å². The molecule has 6 rings (SSSR count). The molecule has 2 aliphatic heterocycles. The first kappa shape index (κ1) is 31.3. The summed E-state index contributed by atoms with van der Waals surface area (Å²) in [4.78, 5) is 33.1. The molecule has 2 aromatic heterocycles. The van der Waals surface area contributed by atoms with E-state index in [1.54, 1.807) is 24.4 Å². The van der Waals surface area contributed by atoms with Crippen LogP contribution in [0.2, 0.25) is 0 Å². The lowest BCUT2D eigenvalue weighted by molar-refractivity contribution is 0.0615. The van der Waals surface area contributed by atoms with Crippen molar-refractivity contribution in [3.8, 4) is 28.3 Å². The van der Waals surface area contributed by atoms with Gasteiger partial charge in [0.05, 0.1) is 19.3 Å². The van der Waals surface area contributed by atoms with Gasteiger partial charge in [-0.3, -0.25) is 9.69 Å². The SMILES string of the molecule is COc1cccc(F)c1-c1nccc(Nc2cc(N3CCC[C@H](N)C3)c(-c3ccc(C(=O)N4CCN(CCO)CC4)cc3)cn2)n1. The maximum Gasteiger partial charge on any atom is 0.253 e. The number of hydrogen-bond donors (Lipinski definition) is 3. The summed E-state index contributed by atoms with van der Waals surface area (Å²) in [5.41, 5.74) is 10.0. The zero-order valence-corrected chi connectivity index (χ0v) is 25.9. The summed E-state index contributed by atoms with van der Waals surface area (Å²) in [6, 6.07) is 16.0. The molecule has 240 valence electrons. The van der Waals surface area contributed by atoms with E-state index in [0.29, 0.717) is 49.1 Å². The lowest BCUT2D eigenvalue weighted by atomic mass is 10.00. The van der Waals surface area contributed by atoms with Crippen molar-refractivity contribution in [1.29, 1.82) is 0 Å². The Morgan fingerprint density at radius 1 is 1.07 bits per heavy atom. The number of amides is 1. The molecule has 46 heavy (non-hydrogen) atoms. The topological polar surface area (TPSA) is 133 Å². The Morgan fingerprint density at radius 3 is 2.61 bits per heavy atom. The highest BCUT2D eigenvalue weighted by atomic mass is 19.1. The molecule has 4 heterocycles. The van der Waals surface area contributed by atoms with Crippen molar-refractivity contribution in [1.82, 2.24) is 24.8 Å². The van der Waals surface area contributed by atoms with Crippen molar-refractivity contribution in [2.75, 3.05) is 69.7 Å². The molecule has 1 atom stereocenters. The van der Waals surface area contributed by atoms with Crippen LogP contribution in [0.3, 0.4) is 0 Å². The number of ether oxygens (including phenoxy) is 1. The molecule has 0 bridgehead atoms. The second-order valence-electron chi connectivity index (χ2n) is 11.6. The van der Waals surface area contributed by atoms with Crippen LogP contribution in [-0.4, -0.2) is 101 Å². The predicted octanol–water partition coefficient (Wildman–Crippen LogP) is 3.77. The van der Waals surface area contributed by atoms with Gasteiger partial charge in [-0.25, -0.2) is 19.3 Å². The number of aliphatic hydroxyl groups excluding tert-OH is 1. The molecular weight excluding hydrogens is 587 g/mol. The van der Waals surface area contributed by atoms with Crippen LogP contribution in [0, 0.1) is 5.82 Å². The summed E-state index contributed by atoms with van der Waals surface area (Å²) in [5, 5.41) is 12.5. The van der Waals surface area contributed by atoms with Gasteiger partial charge in [-0.05, 0) is 48.7 Å². The smallest absolute Gasteiger partial charge is 0.253 e. The monoisotopic (exact) mass is 626 g/mol. The third-order valence-corrected chi connectivity index (χ3v) is 8.53. The maximum atomic E-state index is 14.7. The number of halogens is 1. The highest BCUT2D eigenvalue weighted by Crippen LogP contribution is 2.35. The van der Waals surface area contributed by atoms with Crippen LogP contribution >= 0.6 is 0 Å². The summed E-state index contributed by atoms with van der Waals surface area (Å²) in [5.74, 6) is 1.09. The minimum Gasteiger partial charge on any atom is -0.496 e. The minimum absolute atomic E-state index is 0.00678. The van der Waals surface area contributed by atoms with Crippen LogP contribution in [0.25, 0.3) is 22.5 Å². The molecular formula is C34H39FN8O3. The Hall–Kier alpha value is -4.65. The summed E-state index contributed by atoms with van der Waals surface area (Å²) in [7, 11) is 1.48. The number of benzene rings is 2. The van der Waals surface area contributed by atoms with E-state index in [0.717, 1.165) is 49.3 Å². The van der Waals surface area contributed by atoms with Crippen molar-refractivity contribution in [2.24, 2.45) is 5.73 Å². The molecule has 0 aliphatic carbocycles. The number of carbonyl (C=O) groups excluding carboxylic acids is 1. The molecule has 4 aromatic rings. The molecule has 0 unspecified atom stereocenters. The van der Waals surface area contributed by atoms with E-state index in [1.807, 2.05) is 41.4 Å². The average Bonchev–Trinajstić information content (AvgIpc) is 3.08. The average molecular weight is 627 g/mol. The van der Waals surface area contributed by atoms with E-state index < -0.39 is 5.82 Å². The van der Waals surface area contributed by atoms with Crippen LogP contribution in [0.5, 0.6) is 5.75 Å². The molecule has 11 nitrogen and oxygen atoms in total. The molecule has 0 saturated carbocycles. The second-order valence-corrected chi connectivity index (χ2v) is 11.6. The number of carbonyl (C=O) groups is 1. The number of pyridine rings is 1. The number of nitrogens with zero attached hydrogens (tertiary/aromatic N) is 6. The van der Waals surface area contributed by atoms with Crippen LogP contribution in [-0.2, 0) is 0 Å². The van der Waals surface area contributed by atoms with E-state index in [1.165, 1.54) is 13.2 Å². The number of nitrogens with one attached hydrogen (secondary N) is 1. The molecule has 1 amide bonds. The first-order valence-electron chi connectivity index (χ1n) is 15.6. The van der Waals surface area contributed by atoms with Gasteiger partial charge in [0, 0.05) is 87.1 Å². The van der Waals surface area contributed by atoms with Gasteiger partial charge in [0.25, 0.3) is 5.91 Å². The predicted molar refractivity (Wildman–Crippen MR) is 176 cm³/mol. The van der Waals surface area contributed by atoms with Crippen LogP contribution in [0.4, 0.5) is 21.7 Å². The van der Waals surface area contributed by atoms with Crippen LogP contribution in [0.1, 0.15) is 23.2 Å². The van der Waals surface area contributed by atoms with Gasteiger partial charge < -0.3 is 30.7 Å². The standard InChI is InChI=1S/C34H39FN8O3/c1-46-29-6-2-5-27(35)32(29)33-37-12-11-30(40-33)39-31-20-28(43-13-3-4-25(36)22-43)26(21-38-31)23-7-9-24(10-8-23)34(45)42-16-14-41(15-17-42)18-19-44/h2,5-12,20-21,25,44H,3-4,13-19,22,36H2,1H3,(H,37,38,39,40)/t25-/m0/s1. The Morgan fingerprint density at radius 2 is 1.87 bits per heavy atom. The van der Waals surface area contributed by atoms with E-state index in [-0.39, 0.29) is 29.9 Å². The lowest BCUT2D eigenvalue weighted by Crippen LogP contribution is -2.49. The third kappa shape index (κ3) is 6.94. The van der Waals surface area contributed by atoms with Crippen molar-refractivity contribution in [2.45, 2.75) is 18.9 Å². The van der Waals surface area contributed by atoms with Crippen LogP contribution < -0.4 is 20.7 Å². The number of hydrogen-bond acceptors (Lipinski definition) is 10. The Labute approximate surface area is 267 Å². The molecule has 4 N–H and O–H groups in total. The Bertz CT molecular complexity index is 1660. The number of piperidine rings is 1. The normalized spacial score (nSPS) is 17.2. The number of anilines is 3. The fraction of sp³-hybridized carbons (Fsp3) is 0.353. The maximum absolute atomic E-state index is 14.7. The fourth-order valence-corrected chi connectivity index (χ4v) is 6.09. The van der Waals surface area contributed by atoms with Crippen molar-refractivity contribution >= 4 is 23.2 Å². The first-order chi connectivity index (χ1) is 22.4. The quantitative estimate of drug-likeness (QED) is 0.252. The highest BCUT2D eigenvalue weighted by Gasteiger charge is 2.24. The number of aromatic nitrogens is 3. The van der Waals surface area contributed by atoms with E-state index in [2.05, 4.69) is 25.1 Å². The van der Waals surface area contributed by atoms with Gasteiger partial charge in [0.2, 0.25) is 0 Å². The van der Waals surface area contributed by atoms with Gasteiger partial charge in [0.15, 0.2) is 5.82 Å². The molecule has 0 radical (unpaired) electrons. The Kier molecular flexibility index (Phi) is 9.67. The number of β-amino-alcohol motifs (C(OH)–C–C–N with tert-alkyl or cyclic N) is 1. The van der Waals surface area contributed by atoms with Crippen molar-refractivity contribution < 1.29 is 19.0 Å².